The molecule has 2 aromatic rings. The number of aromatic nitrogens is 2. The molecule has 1 amide bonds. The van der Waals surface area contributed by atoms with Crippen molar-refractivity contribution in [3.05, 3.63) is 47.0 Å². The molecule has 2 bridgehead atoms. The first kappa shape index (κ1) is 25.1. The SMILES string of the molecule is CC(C)(C)OC(=O)N1[C@@H]2CC[C@@H](C2)[C@H]1C(=O)CC(C#N)Cc1ccc(-c2ncc(Cl)cn2)cc1F. The lowest BCUT2D eigenvalue weighted by molar-refractivity contribution is -0.126. The van der Waals surface area contributed by atoms with Gasteiger partial charge in [0.15, 0.2) is 11.6 Å². The van der Waals surface area contributed by atoms with Gasteiger partial charge in [0.05, 0.1) is 23.1 Å². The molecule has 1 aromatic carbocycles. The molecule has 2 fully saturated rings. The van der Waals surface area contributed by atoms with Crippen molar-refractivity contribution in [1.29, 1.82) is 5.26 Å². The number of ether oxygens (including phenoxy) is 1. The van der Waals surface area contributed by atoms with Gasteiger partial charge in [-0.15, -0.1) is 0 Å². The average molecular weight is 499 g/mol. The van der Waals surface area contributed by atoms with Gasteiger partial charge in [0, 0.05) is 30.4 Å². The maximum absolute atomic E-state index is 14.9. The van der Waals surface area contributed by atoms with E-state index in [0.29, 0.717) is 22.0 Å². The number of ketones is 1. The molecule has 1 aromatic heterocycles. The first-order valence-corrected chi connectivity index (χ1v) is 12.1. The van der Waals surface area contributed by atoms with Crippen LogP contribution in [-0.2, 0) is 16.0 Å². The molecule has 2 aliphatic rings. The Morgan fingerprint density at radius 1 is 1.29 bits per heavy atom. The van der Waals surface area contributed by atoms with E-state index in [2.05, 4.69) is 16.0 Å². The van der Waals surface area contributed by atoms with Gasteiger partial charge in [-0.3, -0.25) is 9.69 Å². The Morgan fingerprint density at radius 3 is 2.63 bits per heavy atom. The van der Waals surface area contributed by atoms with Gasteiger partial charge in [-0.05, 0) is 64.0 Å². The van der Waals surface area contributed by atoms with E-state index in [0.717, 1.165) is 19.3 Å². The lowest BCUT2D eigenvalue weighted by Crippen LogP contribution is -2.51. The molecule has 1 saturated heterocycles. The summed E-state index contributed by atoms with van der Waals surface area (Å²) in [6, 6.07) is 6.13. The zero-order valence-electron chi connectivity index (χ0n) is 20.0. The van der Waals surface area contributed by atoms with Crippen LogP contribution in [0.5, 0.6) is 0 Å². The number of carbonyl (C=O) groups excluding carboxylic acids is 2. The molecule has 1 aliphatic heterocycles. The first-order chi connectivity index (χ1) is 16.6. The Kier molecular flexibility index (Phi) is 7.09. The minimum absolute atomic E-state index is 0.00980. The number of Topliss-reactive ketones (excluding diaryl/α,β-unsaturated/α-hetero) is 1. The summed E-state index contributed by atoms with van der Waals surface area (Å²) in [5.74, 6) is -0.959. The van der Waals surface area contributed by atoms with Gasteiger partial charge in [0.2, 0.25) is 0 Å². The first-order valence-electron chi connectivity index (χ1n) is 11.8. The molecule has 35 heavy (non-hydrogen) atoms. The summed E-state index contributed by atoms with van der Waals surface area (Å²) in [6.45, 7) is 5.38. The van der Waals surface area contributed by atoms with E-state index in [1.165, 1.54) is 18.5 Å². The topological polar surface area (TPSA) is 96.2 Å². The van der Waals surface area contributed by atoms with Gasteiger partial charge < -0.3 is 4.74 Å². The van der Waals surface area contributed by atoms with Crippen LogP contribution >= 0.6 is 11.6 Å². The summed E-state index contributed by atoms with van der Waals surface area (Å²) in [4.78, 5) is 35.9. The van der Waals surface area contributed by atoms with E-state index in [1.807, 2.05) is 0 Å². The summed E-state index contributed by atoms with van der Waals surface area (Å²) in [6.07, 6.45) is 4.92. The van der Waals surface area contributed by atoms with E-state index in [9.17, 15) is 19.2 Å². The number of fused-ring (bicyclic) bond motifs is 2. The third-order valence-electron chi connectivity index (χ3n) is 6.55. The molecule has 1 aliphatic carbocycles. The Balaban J connectivity index is 1.45. The number of piperidine rings is 1. The summed E-state index contributed by atoms with van der Waals surface area (Å²) in [5.41, 5.74) is 0.157. The predicted octanol–water partition coefficient (Wildman–Crippen LogP) is 5.37. The van der Waals surface area contributed by atoms with Gasteiger partial charge >= 0.3 is 6.09 Å². The van der Waals surface area contributed by atoms with Crippen LogP contribution in [0.3, 0.4) is 0 Å². The van der Waals surface area contributed by atoms with E-state index >= 15 is 0 Å². The van der Waals surface area contributed by atoms with Gasteiger partial charge in [0.25, 0.3) is 0 Å². The van der Waals surface area contributed by atoms with Gasteiger partial charge in [-0.1, -0.05) is 23.7 Å². The standard InChI is InChI=1S/C26H28ClFN4O3/c1-26(2,3)35-25(34)32-20-7-6-17(10-20)23(32)22(33)9-15(12-29)8-16-4-5-18(11-21(16)28)24-30-13-19(27)14-31-24/h4-5,11,13-15,17,20,23H,6-10H2,1-3H3/t15?,17-,20+,23-/m0/s1. The molecule has 0 radical (unpaired) electrons. The van der Waals surface area contributed by atoms with Gasteiger partial charge in [-0.25, -0.2) is 19.2 Å². The number of likely N-dealkylation sites (tertiary alicyclic amines) is 1. The van der Waals surface area contributed by atoms with Crippen molar-refractivity contribution in [2.75, 3.05) is 0 Å². The number of amides is 1. The quantitative estimate of drug-likeness (QED) is 0.531. The highest BCUT2D eigenvalue weighted by Crippen LogP contribution is 2.44. The third kappa shape index (κ3) is 5.62. The number of hydrogen-bond donors (Lipinski definition) is 0. The van der Waals surface area contributed by atoms with Crippen molar-refractivity contribution in [2.24, 2.45) is 11.8 Å². The van der Waals surface area contributed by atoms with E-state index < -0.39 is 29.5 Å². The zero-order chi connectivity index (χ0) is 25.3. The Morgan fingerprint density at radius 2 is 2.00 bits per heavy atom. The number of carbonyl (C=O) groups is 2. The molecule has 4 atom stereocenters. The van der Waals surface area contributed by atoms with Crippen LogP contribution in [-0.4, -0.2) is 44.4 Å². The highest BCUT2D eigenvalue weighted by atomic mass is 35.5. The van der Waals surface area contributed by atoms with Crippen molar-refractivity contribution < 1.29 is 18.7 Å². The van der Waals surface area contributed by atoms with Crippen LogP contribution in [0.25, 0.3) is 11.4 Å². The second-order valence-electron chi connectivity index (χ2n) is 10.3. The van der Waals surface area contributed by atoms with E-state index in [-0.39, 0.29) is 30.6 Å². The lowest BCUT2D eigenvalue weighted by atomic mass is 9.88. The molecular weight excluding hydrogens is 471 g/mol. The minimum atomic E-state index is -0.714. The van der Waals surface area contributed by atoms with Gasteiger partial charge in [0.1, 0.15) is 11.4 Å². The third-order valence-corrected chi connectivity index (χ3v) is 6.74. The summed E-state index contributed by atoms with van der Waals surface area (Å²) in [7, 11) is 0. The minimum Gasteiger partial charge on any atom is -0.444 e. The molecule has 1 unspecified atom stereocenters. The number of benzene rings is 1. The van der Waals surface area contributed by atoms with Crippen molar-refractivity contribution in [1.82, 2.24) is 14.9 Å². The molecule has 1 saturated carbocycles. The fourth-order valence-corrected chi connectivity index (χ4v) is 5.18. The molecule has 0 N–H and O–H groups in total. The monoisotopic (exact) mass is 498 g/mol. The Labute approximate surface area is 209 Å². The maximum Gasteiger partial charge on any atom is 0.411 e. The van der Waals surface area contributed by atoms with Crippen LogP contribution in [0, 0.1) is 29.0 Å². The number of nitriles is 1. The molecular formula is C26H28ClFN4O3. The second-order valence-corrected chi connectivity index (χ2v) is 10.7. The van der Waals surface area contributed by atoms with E-state index in [4.69, 9.17) is 16.3 Å². The van der Waals surface area contributed by atoms with Gasteiger partial charge in [-0.2, -0.15) is 5.26 Å². The Hall–Kier alpha value is -3.05. The van der Waals surface area contributed by atoms with Crippen LogP contribution in [0.15, 0.2) is 30.6 Å². The number of hydrogen-bond acceptors (Lipinski definition) is 6. The maximum atomic E-state index is 14.9. The second kappa shape index (κ2) is 9.90. The highest BCUT2D eigenvalue weighted by molar-refractivity contribution is 6.30. The summed E-state index contributed by atoms with van der Waals surface area (Å²) < 4.78 is 20.4. The van der Waals surface area contributed by atoms with Crippen LogP contribution < -0.4 is 0 Å². The predicted molar refractivity (Wildman–Crippen MR) is 128 cm³/mol. The fraction of sp³-hybridized carbons (Fsp3) is 0.500. The zero-order valence-corrected chi connectivity index (χ0v) is 20.8. The normalized spacial score (nSPS) is 22.1. The van der Waals surface area contributed by atoms with Crippen LogP contribution in [0.2, 0.25) is 5.02 Å². The molecule has 0 spiro atoms. The summed E-state index contributed by atoms with van der Waals surface area (Å²) >= 11 is 5.81. The highest BCUT2D eigenvalue weighted by Gasteiger charge is 2.52. The van der Waals surface area contributed by atoms with Crippen molar-refractivity contribution in [3.63, 3.8) is 0 Å². The largest absolute Gasteiger partial charge is 0.444 e. The molecule has 2 heterocycles. The number of halogens is 2. The number of nitrogens with zero attached hydrogens (tertiary/aromatic N) is 4. The lowest BCUT2D eigenvalue weighted by Gasteiger charge is -2.35. The van der Waals surface area contributed by atoms with Crippen LogP contribution in [0.4, 0.5) is 9.18 Å². The smallest absolute Gasteiger partial charge is 0.411 e. The average Bonchev–Trinajstić information content (AvgIpc) is 3.41. The number of rotatable bonds is 6. The van der Waals surface area contributed by atoms with Crippen molar-refractivity contribution >= 4 is 23.5 Å². The molecule has 4 rings (SSSR count). The Bertz CT molecular complexity index is 1160. The van der Waals surface area contributed by atoms with Crippen LogP contribution in [0.1, 0.15) is 52.0 Å². The van der Waals surface area contributed by atoms with E-state index in [1.54, 1.807) is 37.8 Å². The molecule has 9 heteroatoms. The molecule has 7 nitrogen and oxygen atoms in total. The molecule has 184 valence electrons. The van der Waals surface area contributed by atoms with Crippen molar-refractivity contribution in [2.45, 2.75) is 70.6 Å². The fourth-order valence-electron chi connectivity index (χ4n) is 5.09. The summed E-state index contributed by atoms with van der Waals surface area (Å²) in [5, 5.41) is 10.1. The van der Waals surface area contributed by atoms with Crippen molar-refractivity contribution in [3.8, 4) is 17.5 Å².